The third kappa shape index (κ3) is 2.08. The van der Waals surface area contributed by atoms with E-state index in [0.29, 0.717) is 23.7 Å². The van der Waals surface area contributed by atoms with Crippen LogP contribution < -0.4 is 0 Å². The summed E-state index contributed by atoms with van der Waals surface area (Å²) in [6, 6.07) is 0. The Hall–Kier alpha value is -0.283. The molecule has 7 unspecified atom stereocenters. The molecule has 0 aromatic rings. The number of allylic oxidation sites excluding steroid dienone is 2. The van der Waals surface area contributed by atoms with Gasteiger partial charge in [-0.3, -0.25) is 4.79 Å². The van der Waals surface area contributed by atoms with E-state index in [1.54, 1.807) is 0 Å². The zero-order chi connectivity index (χ0) is 16.8. The molecule has 4 aliphatic carbocycles. The Balaban J connectivity index is 1.56. The van der Waals surface area contributed by atoms with Gasteiger partial charge in [-0.1, -0.05) is 32.9 Å². The topological polar surface area (TPSA) is 26.3 Å². The molecule has 0 aliphatic heterocycles. The zero-order valence-electron chi connectivity index (χ0n) is 14.9. The molecule has 4 aliphatic rings. The van der Waals surface area contributed by atoms with Gasteiger partial charge in [0, 0.05) is 0 Å². The summed E-state index contributed by atoms with van der Waals surface area (Å²) in [7, 11) is -2.11. The van der Waals surface area contributed by atoms with Crippen molar-refractivity contribution in [2.24, 2.45) is 35.5 Å². The van der Waals surface area contributed by atoms with Crippen LogP contribution in [0.3, 0.4) is 0 Å². The van der Waals surface area contributed by atoms with E-state index in [0.717, 1.165) is 24.7 Å². The maximum absolute atomic E-state index is 13.1. The molecule has 2 nitrogen and oxygen atoms in total. The average molecular weight is 353 g/mol. The SMILES string of the molecule is CC(C)(C)[Si](C)(C)OC(=O)C1(Cl)CC2CC1C1C3C=CC(C3)C21. The maximum atomic E-state index is 13.1. The van der Waals surface area contributed by atoms with Crippen LogP contribution in [0.5, 0.6) is 0 Å². The number of fused-ring (bicyclic) bond motifs is 9. The quantitative estimate of drug-likeness (QED) is 0.303. The van der Waals surface area contributed by atoms with Crippen molar-refractivity contribution in [3.8, 4) is 0 Å². The van der Waals surface area contributed by atoms with Crippen LogP contribution in [0.1, 0.15) is 40.0 Å². The molecule has 0 amide bonds. The van der Waals surface area contributed by atoms with E-state index in [1.807, 2.05) is 0 Å². The van der Waals surface area contributed by atoms with Gasteiger partial charge in [-0.15, -0.1) is 11.6 Å². The number of carbonyl (C=O) groups excluding carboxylic acids is 1. The first-order chi connectivity index (χ1) is 10.5. The minimum atomic E-state index is -2.11. The number of halogens is 1. The van der Waals surface area contributed by atoms with E-state index in [4.69, 9.17) is 16.0 Å². The Bertz CT molecular complexity index is 578. The Morgan fingerprint density at radius 2 is 1.78 bits per heavy atom. The summed E-state index contributed by atoms with van der Waals surface area (Å²) in [5.74, 6) is 3.71. The summed E-state index contributed by atoms with van der Waals surface area (Å²) in [6.07, 6.45) is 8.09. The van der Waals surface area contributed by atoms with Gasteiger partial charge in [-0.2, -0.15) is 0 Å². The van der Waals surface area contributed by atoms with Gasteiger partial charge in [0.2, 0.25) is 0 Å². The molecule has 128 valence electrons. The highest BCUT2D eigenvalue weighted by Gasteiger charge is 2.68. The molecule has 4 heteroatoms. The molecule has 0 aromatic heterocycles. The third-order valence-corrected chi connectivity index (χ3v) is 12.7. The molecule has 4 rings (SSSR count). The summed E-state index contributed by atoms with van der Waals surface area (Å²) in [5.41, 5.74) is 0. The molecular formula is C19H29ClO2Si. The normalized spacial score (nSPS) is 47.2. The van der Waals surface area contributed by atoms with Crippen LogP contribution in [0.2, 0.25) is 18.1 Å². The van der Waals surface area contributed by atoms with Crippen molar-refractivity contribution in [1.82, 2.24) is 0 Å². The zero-order valence-corrected chi connectivity index (χ0v) is 16.7. The van der Waals surface area contributed by atoms with Crippen LogP contribution in [-0.2, 0) is 9.22 Å². The van der Waals surface area contributed by atoms with Gasteiger partial charge in [0.1, 0.15) is 4.87 Å². The fourth-order valence-corrected chi connectivity index (χ4v) is 7.21. The average Bonchev–Trinajstić information content (AvgIpc) is 3.13. The van der Waals surface area contributed by atoms with Crippen molar-refractivity contribution in [2.45, 2.75) is 63.0 Å². The van der Waals surface area contributed by atoms with Crippen LogP contribution in [-0.4, -0.2) is 19.2 Å². The molecule has 3 fully saturated rings. The van der Waals surface area contributed by atoms with Crippen molar-refractivity contribution in [3.05, 3.63) is 12.2 Å². The molecular weight excluding hydrogens is 324 g/mol. The van der Waals surface area contributed by atoms with Gasteiger partial charge in [-0.25, -0.2) is 0 Å². The van der Waals surface area contributed by atoms with Gasteiger partial charge >= 0.3 is 5.97 Å². The van der Waals surface area contributed by atoms with Crippen LogP contribution in [0.15, 0.2) is 12.2 Å². The molecule has 0 radical (unpaired) electrons. The van der Waals surface area contributed by atoms with Gasteiger partial charge in [-0.05, 0) is 72.9 Å². The van der Waals surface area contributed by atoms with E-state index in [9.17, 15) is 4.79 Å². The first-order valence-corrected chi connectivity index (χ1v) is 12.4. The van der Waals surface area contributed by atoms with Gasteiger partial charge < -0.3 is 4.43 Å². The van der Waals surface area contributed by atoms with Crippen molar-refractivity contribution < 1.29 is 9.22 Å². The minimum Gasteiger partial charge on any atom is -0.518 e. The van der Waals surface area contributed by atoms with E-state index < -0.39 is 13.2 Å². The second-order valence-electron chi connectivity index (χ2n) is 9.92. The van der Waals surface area contributed by atoms with Crippen LogP contribution in [0.25, 0.3) is 0 Å². The van der Waals surface area contributed by atoms with E-state index in [2.05, 4.69) is 46.0 Å². The first-order valence-electron chi connectivity index (χ1n) is 9.15. The summed E-state index contributed by atoms with van der Waals surface area (Å²) in [5, 5.41) is 0.0330. The number of hydrogen-bond donors (Lipinski definition) is 0. The lowest BCUT2D eigenvalue weighted by molar-refractivity contribution is -0.141. The molecule has 0 heterocycles. The van der Waals surface area contributed by atoms with Crippen molar-refractivity contribution in [2.75, 3.05) is 0 Å². The lowest BCUT2D eigenvalue weighted by Crippen LogP contribution is -2.52. The minimum absolute atomic E-state index is 0.0330. The highest BCUT2D eigenvalue weighted by molar-refractivity contribution is 6.75. The predicted molar refractivity (Wildman–Crippen MR) is 95.8 cm³/mol. The van der Waals surface area contributed by atoms with Crippen molar-refractivity contribution >= 4 is 25.9 Å². The van der Waals surface area contributed by atoms with Crippen molar-refractivity contribution in [3.63, 3.8) is 0 Å². The standard InChI is InChI=1S/C19H29ClO2Si/c1-18(2,3)23(4,5)22-17(21)19(20)10-13-9-14(19)16-12-7-6-11(8-12)15(13)16/h6-7,11-16H,8-10H2,1-5H3. The summed E-state index contributed by atoms with van der Waals surface area (Å²) < 4.78 is 6.12. The smallest absolute Gasteiger partial charge is 0.314 e. The summed E-state index contributed by atoms with van der Waals surface area (Å²) >= 11 is 7.00. The molecule has 23 heavy (non-hydrogen) atoms. The van der Waals surface area contributed by atoms with Gasteiger partial charge in [0.05, 0.1) is 0 Å². The van der Waals surface area contributed by atoms with E-state index in [1.165, 1.54) is 6.42 Å². The third-order valence-electron chi connectivity index (χ3n) is 7.79. The summed E-state index contributed by atoms with van der Waals surface area (Å²) in [6.45, 7) is 10.8. The van der Waals surface area contributed by atoms with Gasteiger partial charge in [0.25, 0.3) is 8.32 Å². The fourth-order valence-electron chi connectivity index (χ4n) is 5.72. The monoisotopic (exact) mass is 352 g/mol. The van der Waals surface area contributed by atoms with E-state index in [-0.39, 0.29) is 11.0 Å². The Morgan fingerprint density at radius 1 is 1.17 bits per heavy atom. The predicted octanol–water partition coefficient (Wildman–Crippen LogP) is 4.99. The largest absolute Gasteiger partial charge is 0.518 e. The molecule has 0 saturated heterocycles. The fraction of sp³-hybridized carbons (Fsp3) is 0.842. The van der Waals surface area contributed by atoms with E-state index >= 15 is 0 Å². The Kier molecular flexibility index (Phi) is 3.28. The van der Waals surface area contributed by atoms with Crippen molar-refractivity contribution in [1.29, 1.82) is 0 Å². The molecule has 3 saturated carbocycles. The maximum Gasteiger partial charge on any atom is 0.314 e. The molecule has 0 aromatic carbocycles. The number of alkyl halides is 1. The Labute approximate surface area is 146 Å². The lowest BCUT2D eigenvalue weighted by atomic mass is 9.69. The summed E-state index contributed by atoms with van der Waals surface area (Å²) in [4.78, 5) is 12.3. The second kappa shape index (κ2) is 4.66. The Morgan fingerprint density at radius 3 is 2.39 bits per heavy atom. The molecule has 4 bridgehead atoms. The molecule has 0 N–H and O–H groups in total. The highest BCUT2D eigenvalue weighted by atomic mass is 35.5. The van der Waals surface area contributed by atoms with Gasteiger partial charge in [0.15, 0.2) is 0 Å². The number of carbonyl (C=O) groups is 1. The van der Waals surface area contributed by atoms with Crippen LogP contribution in [0, 0.1) is 35.5 Å². The highest BCUT2D eigenvalue weighted by Crippen LogP contribution is 2.69. The number of hydrogen-bond acceptors (Lipinski definition) is 2. The lowest BCUT2D eigenvalue weighted by Gasteiger charge is -2.43. The first kappa shape index (κ1) is 16.2. The second-order valence-corrected chi connectivity index (χ2v) is 15.3. The van der Waals surface area contributed by atoms with Crippen LogP contribution >= 0.6 is 11.6 Å². The number of rotatable bonds is 2. The van der Waals surface area contributed by atoms with Crippen LogP contribution in [0.4, 0.5) is 0 Å². The molecule has 7 atom stereocenters. The molecule has 0 spiro atoms.